The maximum Gasteiger partial charge on any atom is 0.242 e. The molecule has 13 heavy (non-hydrogen) atoms. The molecule has 0 aromatic heterocycles. The van der Waals surface area contributed by atoms with Crippen LogP contribution in [0.25, 0.3) is 0 Å². The van der Waals surface area contributed by atoms with Gasteiger partial charge in [-0.15, -0.1) is 6.58 Å². The highest BCUT2D eigenvalue weighted by Gasteiger charge is 2.26. The smallest absolute Gasteiger partial charge is 0.242 e. The first kappa shape index (κ1) is 9.77. The summed E-state index contributed by atoms with van der Waals surface area (Å²) in [7, 11) is 0. The Morgan fingerprint density at radius 3 is 3.00 bits per heavy atom. The van der Waals surface area contributed by atoms with E-state index in [1.54, 1.807) is 11.0 Å². The van der Waals surface area contributed by atoms with E-state index >= 15 is 0 Å². The molecule has 1 atom stereocenters. The molecule has 1 N–H and O–H groups in total. The van der Waals surface area contributed by atoms with Crippen LogP contribution in [-0.4, -0.2) is 35.8 Å². The van der Waals surface area contributed by atoms with Crippen molar-refractivity contribution in [2.24, 2.45) is 0 Å². The molecule has 1 rings (SSSR count). The summed E-state index contributed by atoms with van der Waals surface area (Å²) in [4.78, 5) is 23.9. The lowest BCUT2D eigenvalue weighted by Crippen LogP contribution is -2.54. The zero-order valence-electron chi connectivity index (χ0n) is 7.75. The summed E-state index contributed by atoms with van der Waals surface area (Å²) < 4.78 is 0. The summed E-state index contributed by atoms with van der Waals surface area (Å²) in [6.45, 7) is 5.82. The van der Waals surface area contributed by atoms with Crippen LogP contribution in [0.2, 0.25) is 0 Å². The molecule has 1 unspecified atom stereocenters. The number of carbonyl (C=O) groups excluding carboxylic acids is 2. The Kier molecular flexibility index (Phi) is 3.06. The predicted molar refractivity (Wildman–Crippen MR) is 49.0 cm³/mol. The monoisotopic (exact) mass is 182 g/mol. The molecule has 1 aliphatic rings. The SMILES string of the molecule is C=CCC(C)N1CC(=O)NCC1=O. The molecule has 4 heteroatoms. The lowest BCUT2D eigenvalue weighted by atomic mass is 10.2. The van der Waals surface area contributed by atoms with E-state index in [9.17, 15) is 9.59 Å². The molecule has 0 radical (unpaired) electrons. The Balaban J connectivity index is 2.59. The number of amides is 2. The molecule has 0 aromatic carbocycles. The van der Waals surface area contributed by atoms with Gasteiger partial charge in [-0.2, -0.15) is 0 Å². The Morgan fingerprint density at radius 2 is 2.38 bits per heavy atom. The van der Waals surface area contributed by atoms with Crippen LogP contribution in [0.5, 0.6) is 0 Å². The first-order chi connectivity index (χ1) is 6.15. The summed E-state index contributed by atoms with van der Waals surface area (Å²) in [6, 6.07) is 0.0658. The van der Waals surface area contributed by atoms with Crippen LogP contribution in [0, 0.1) is 0 Å². The molecule has 0 aromatic rings. The molecule has 1 saturated heterocycles. The summed E-state index contributed by atoms with van der Waals surface area (Å²) >= 11 is 0. The standard InChI is InChI=1S/C9H14N2O2/c1-3-4-7(2)11-6-8(12)10-5-9(11)13/h3,7H,1,4-6H2,2H3,(H,10,12). The number of hydrogen-bond donors (Lipinski definition) is 1. The fraction of sp³-hybridized carbons (Fsp3) is 0.556. The van der Waals surface area contributed by atoms with Gasteiger partial charge in [-0.25, -0.2) is 0 Å². The molecule has 0 saturated carbocycles. The maximum absolute atomic E-state index is 11.3. The number of carbonyl (C=O) groups is 2. The van der Waals surface area contributed by atoms with Gasteiger partial charge < -0.3 is 10.2 Å². The lowest BCUT2D eigenvalue weighted by Gasteiger charge is -2.31. The molecule has 0 spiro atoms. The zero-order valence-corrected chi connectivity index (χ0v) is 7.75. The number of rotatable bonds is 3. The van der Waals surface area contributed by atoms with Gasteiger partial charge in [-0.1, -0.05) is 6.08 Å². The van der Waals surface area contributed by atoms with Gasteiger partial charge in [-0.05, 0) is 13.3 Å². The van der Waals surface area contributed by atoms with Crippen LogP contribution >= 0.6 is 0 Å². The van der Waals surface area contributed by atoms with Gasteiger partial charge in [0.2, 0.25) is 11.8 Å². The molecule has 1 heterocycles. The highest BCUT2D eigenvalue weighted by Crippen LogP contribution is 2.06. The zero-order chi connectivity index (χ0) is 9.84. The molecule has 0 aliphatic carbocycles. The molecule has 72 valence electrons. The third kappa shape index (κ3) is 2.31. The van der Waals surface area contributed by atoms with Crippen molar-refractivity contribution in [3.05, 3.63) is 12.7 Å². The fourth-order valence-electron chi connectivity index (χ4n) is 1.34. The minimum absolute atomic E-state index is 0.0195. The van der Waals surface area contributed by atoms with E-state index in [2.05, 4.69) is 11.9 Å². The van der Waals surface area contributed by atoms with E-state index < -0.39 is 0 Å². The van der Waals surface area contributed by atoms with E-state index in [0.29, 0.717) is 0 Å². The van der Waals surface area contributed by atoms with Crippen molar-refractivity contribution in [3.8, 4) is 0 Å². The Morgan fingerprint density at radius 1 is 1.69 bits per heavy atom. The minimum atomic E-state index is -0.0875. The van der Waals surface area contributed by atoms with E-state index in [-0.39, 0.29) is 30.9 Å². The molecular weight excluding hydrogens is 168 g/mol. The number of hydrogen-bond acceptors (Lipinski definition) is 2. The van der Waals surface area contributed by atoms with Gasteiger partial charge in [0.1, 0.15) is 0 Å². The topological polar surface area (TPSA) is 49.4 Å². The first-order valence-electron chi connectivity index (χ1n) is 4.32. The Hall–Kier alpha value is -1.32. The van der Waals surface area contributed by atoms with Crippen LogP contribution in [0.4, 0.5) is 0 Å². The third-order valence-electron chi connectivity index (χ3n) is 2.11. The van der Waals surface area contributed by atoms with Crippen LogP contribution in [-0.2, 0) is 9.59 Å². The second-order valence-corrected chi connectivity index (χ2v) is 3.17. The maximum atomic E-state index is 11.3. The van der Waals surface area contributed by atoms with Crippen LogP contribution in [0.3, 0.4) is 0 Å². The second kappa shape index (κ2) is 4.07. The molecule has 4 nitrogen and oxygen atoms in total. The van der Waals surface area contributed by atoms with Crippen molar-refractivity contribution in [1.82, 2.24) is 10.2 Å². The Labute approximate surface area is 77.6 Å². The average molecular weight is 182 g/mol. The number of piperazine rings is 1. The summed E-state index contributed by atoms with van der Waals surface area (Å²) in [5.41, 5.74) is 0. The quantitative estimate of drug-likeness (QED) is 0.620. The van der Waals surface area contributed by atoms with Gasteiger partial charge in [0.15, 0.2) is 0 Å². The van der Waals surface area contributed by atoms with Gasteiger partial charge in [0.05, 0.1) is 13.1 Å². The largest absolute Gasteiger partial charge is 0.345 e. The van der Waals surface area contributed by atoms with Crippen molar-refractivity contribution in [2.75, 3.05) is 13.1 Å². The fourth-order valence-corrected chi connectivity index (χ4v) is 1.34. The first-order valence-corrected chi connectivity index (χ1v) is 4.32. The van der Waals surface area contributed by atoms with Gasteiger partial charge >= 0.3 is 0 Å². The predicted octanol–water partition coefficient (Wildman–Crippen LogP) is -0.0906. The van der Waals surface area contributed by atoms with Gasteiger partial charge in [0, 0.05) is 6.04 Å². The molecular formula is C9H14N2O2. The normalized spacial score (nSPS) is 19.6. The molecule has 0 bridgehead atoms. The van der Waals surface area contributed by atoms with Crippen LogP contribution < -0.4 is 5.32 Å². The third-order valence-corrected chi connectivity index (χ3v) is 2.11. The van der Waals surface area contributed by atoms with Gasteiger partial charge in [-0.3, -0.25) is 9.59 Å². The van der Waals surface area contributed by atoms with E-state index in [1.165, 1.54) is 0 Å². The van der Waals surface area contributed by atoms with Crippen molar-refractivity contribution in [2.45, 2.75) is 19.4 Å². The Bertz CT molecular complexity index is 238. The minimum Gasteiger partial charge on any atom is -0.345 e. The van der Waals surface area contributed by atoms with E-state index in [4.69, 9.17) is 0 Å². The second-order valence-electron chi connectivity index (χ2n) is 3.17. The van der Waals surface area contributed by atoms with Gasteiger partial charge in [0.25, 0.3) is 0 Å². The molecule has 2 amide bonds. The highest BCUT2D eigenvalue weighted by atomic mass is 16.2. The van der Waals surface area contributed by atoms with Crippen molar-refractivity contribution in [3.63, 3.8) is 0 Å². The van der Waals surface area contributed by atoms with Crippen LogP contribution in [0.1, 0.15) is 13.3 Å². The highest BCUT2D eigenvalue weighted by molar-refractivity contribution is 5.92. The van der Waals surface area contributed by atoms with Crippen molar-refractivity contribution >= 4 is 11.8 Å². The number of nitrogens with one attached hydrogen (secondary N) is 1. The van der Waals surface area contributed by atoms with E-state index in [1.807, 2.05) is 6.92 Å². The molecule has 1 fully saturated rings. The number of nitrogens with zero attached hydrogens (tertiary/aromatic N) is 1. The molecule has 1 aliphatic heterocycles. The summed E-state index contributed by atoms with van der Waals surface area (Å²) in [5.74, 6) is -0.107. The van der Waals surface area contributed by atoms with Crippen molar-refractivity contribution in [1.29, 1.82) is 0 Å². The summed E-state index contributed by atoms with van der Waals surface area (Å²) in [6.07, 6.45) is 2.48. The lowest BCUT2D eigenvalue weighted by molar-refractivity contribution is -0.142. The average Bonchev–Trinajstić information content (AvgIpc) is 2.09. The van der Waals surface area contributed by atoms with E-state index in [0.717, 1.165) is 6.42 Å². The van der Waals surface area contributed by atoms with Crippen molar-refractivity contribution < 1.29 is 9.59 Å². The van der Waals surface area contributed by atoms with Crippen LogP contribution in [0.15, 0.2) is 12.7 Å². The summed E-state index contributed by atoms with van der Waals surface area (Å²) in [5, 5.41) is 2.50.